The summed E-state index contributed by atoms with van der Waals surface area (Å²) >= 11 is 3.95. The molecule has 0 N–H and O–H groups in total. The van der Waals surface area contributed by atoms with E-state index in [9.17, 15) is 8.42 Å². The van der Waals surface area contributed by atoms with Crippen molar-refractivity contribution in [2.24, 2.45) is 0 Å². The standard InChI is InChI=1S/C11H16O3S2/c1-8-6-10(14-3)11(7-9(8)2)16(12,13)5-4-15/h6-7,15H,4-5H2,1-3H3. The number of methoxy groups -OCH3 is 1. The third-order valence-electron chi connectivity index (χ3n) is 2.48. The molecule has 0 amide bonds. The highest BCUT2D eigenvalue weighted by atomic mass is 32.2. The van der Waals surface area contributed by atoms with Gasteiger partial charge in [-0.15, -0.1) is 0 Å². The van der Waals surface area contributed by atoms with E-state index in [0.717, 1.165) is 11.1 Å². The van der Waals surface area contributed by atoms with Crippen LogP contribution in [-0.4, -0.2) is 27.0 Å². The molecule has 0 aliphatic rings. The second-order valence-corrected chi connectivity index (χ2v) is 6.15. The van der Waals surface area contributed by atoms with Crippen LogP contribution in [0.5, 0.6) is 5.75 Å². The molecule has 0 saturated carbocycles. The van der Waals surface area contributed by atoms with E-state index in [4.69, 9.17) is 4.74 Å². The minimum absolute atomic E-state index is 0.0228. The van der Waals surface area contributed by atoms with Crippen molar-refractivity contribution >= 4 is 22.5 Å². The first-order valence-corrected chi connectivity index (χ1v) is 7.19. The summed E-state index contributed by atoms with van der Waals surface area (Å²) < 4.78 is 29.0. The largest absolute Gasteiger partial charge is 0.495 e. The van der Waals surface area contributed by atoms with Gasteiger partial charge in [0.05, 0.1) is 12.9 Å². The average molecular weight is 260 g/mol. The van der Waals surface area contributed by atoms with Gasteiger partial charge in [0, 0.05) is 5.75 Å². The van der Waals surface area contributed by atoms with Crippen LogP contribution in [0.25, 0.3) is 0 Å². The van der Waals surface area contributed by atoms with Crippen molar-refractivity contribution in [3.05, 3.63) is 23.3 Å². The van der Waals surface area contributed by atoms with Gasteiger partial charge in [0.1, 0.15) is 10.6 Å². The van der Waals surface area contributed by atoms with Crippen LogP contribution in [0.15, 0.2) is 17.0 Å². The van der Waals surface area contributed by atoms with E-state index in [0.29, 0.717) is 11.5 Å². The Hall–Kier alpha value is -0.680. The van der Waals surface area contributed by atoms with Crippen molar-refractivity contribution in [1.29, 1.82) is 0 Å². The maximum Gasteiger partial charge on any atom is 0.182 e. The summed E-state index contributed by atoms with van der Waals surface area (Å²) in [6, 6.07) is 3.41. The lowest BCUT2D eigenvalue weighted by Crippen LogP contribution is -2.10. The first kappa shape index (κ1) is 13.4. The molecule has 0 spiro atoms. The number of rotatable bonds is 4. The molecule has 0 aliphatic heterocycles. The number of aryl methyl sites for hydroxylation is 2. The number of ether oxygens (including phenoxy) is 1. The molecule has 0 fully saturated rings. The van der Waals surface area contributed by atoms with Gasteiger partial charge < -0.3 is 4.74 Å². The van der Waals surface area contributed by atoms with E-state index in [-0.39, 0.29) is 10.6 Å². The summed E-state index contributed by atoms with van der Waals surface area (Å²) in [5.74, 6) is 0.734. The summed E-state index contributed by atoms with van der Waals surface area (Å²) in [4.78, 5) is 0.257. The normalized spacial score (nSPS) is 11.5. The quantitative estimate of drug-likeness (QED) is 0.842. The first-order chi connectivity index (χ1) is 7.42. The third kappa shape index (κ3) is 2.71. The van der Waals surface area contributed by atoms with Crippen molar-refractivity contribution in [1.82, 2.24) is 0 Å². The van der Waals surface area contributed by atoms with Gasteiger partial charge in [0.15, 0.2) is 9.84 Å². The minimum Gasteiger partial charge on any atom is -0.495 e. The lowest BCUT2D eigenvalue weighted by atomic mass is 10.1. The number of benzene rings is 1. The molecule has 0 bridgehead atoms. The average Bonchev–Trinajstić information content (AvgIpc) is 2.21. The molecular formula is C11H16O3S2. The molecule has 0 aromatic heterocycles. The van der Waals surface area contributed by atoms with Crippen LogP contribution in [0, 0.1) is 13.8 Å². The van der Waals surface area contributed by atoms with Crippen LogP contribution in [0.1, 0.15) is 11.1 Å². The Kier molecular flexibility index (Phi) is 4.27. The van der Waals surface area contributed by atoms with E-state index in [2.05, 4.69) is 12.6 Å². The van der Waals surface area contributed by atoms with Gasteiger partial charge in [-0.2, -0.15) is 12.6 Å². The summed E-state index contributed by atoms with van der Waals surface area (Å²) in [6.45, 7) is 3.81. The monoisotopic (exact) mass is 260 g/mol. The fourth-order valence-corrected chi connectivity index (χ4v) is 3.38. The Morgan fingerprint density at radius 3 is 2.31 bits per heavy atom. The fourth-order valence-electron chi connectivity index (χ4n) is 1.40. The zero-order valence-corrected chi connectivity index (χ0v) is 11.4. The van der Waals surface area contributed by atoms with E-state index < -0.39 is 9.84 Å². The van der Waals surface area contributed by atoms with Gasteiger partial charge in [0.25, 0.3) is 0 Å². The molecular weight excluding hydrogens is 244 g/mol. The SMILES string of the molecule is COc1cc(C)c(C)cc1S(=O)(=O)CCS. The smallest absolute Gasteiger partial charge is 0.182 e. The first-order valence-electron chi connectivity index (χ1n) is 4.91. The predicted octanol–water partition coefficient (Wildman–Crippen LogP) is 2.02. The van der Waals surface area contributed by atoms with E-state index >= 15 is 0 Å². The van der Waals surface area contributed by atoms with Gasteiger partial charge in [-0.3, -0.25) is 0 Å². The van der Waals surface area contributed by atoms with Crippen molar-refractivity contribution < 1.29 is 13.2 Å². The highest BCUT2D eigenvalue weighted by Crippen LogP contribution is 2.28. The molecule has 16 heavy (non-hydrogen) atoms. The summed E-state index contributed by atoms with van der Waals surface area (Å²) in [5, 5.41) is 0. The Morgan fingerprint density at radius 1 is 1.25 bits per heavy atom. The van der Waals surface area contributed by atoms with Crippen molar-refractivity contribution in [3.63, 3.8) is 0 Å². The topological polar surface area (TPSA) is 43.4 Å². The number of hydrogen-bond acceptors (Lipinski definition) is 4. The summed E-state index contributed by atoms with van der Waals surface area (Å²) in [6.07, 6.45) is 0. The van der Waals surface area contributed by atoms with Crippen LogP contribution in [-0.2, 0) is 9.84 Å². The maximum atomic E-state index is 11.9. The zero-order chi connectivity index (χ0) is 12.3. The zero-order valence-electron chi connectivity index (χ0n) is 9.65. The molecule has 0 saturated heterocycles. The molecule has 0 atom stereocenters. The lowest BCUT2D eigenvalue weighted by Gasteiger charge is -2.11. The molecule has 1 aromatic rings. The molecule has 1 aromatic carbocycles. The molecule has 0 heterocycles. The van der Waals surface area contributed by atoms with Gasteiger partial charge >= 0.3 is 0 Å². The van der Waals surface area contributed by atoms with E-state index in [1.807, 2.05) is 13.8 Å². The Balaban J connectivity index is 3.38. The molecule has 0 unspecified atom stereocenters. The number of sulfone groups is 1. The van der Waals surface area contributed by atoms with E-state index in [1.54, 1.807) is 12.1 Å². The molecule has 5 heteroatoms. The Labute approximate surface area is 102 Å². The Morgan fingerprint density at radius 2 is 1.81 bits per heavy atom. The van der Waals surface area contributed by atoms with Crippen molar-refractivity contribution in [3.8, 4) is 5.75 Å². The summed E-state index contributed by atoms with van der Waals surface area (Å²) in [5.41, 5.74) is 1.96. The van der Waals surface area contributed by atoms with Crippen molar-refractivity contribution in [2.75, 3.05) is 18.6 Å². The fraction of sp³-hybridized carbons (Fsp3) is 0.455. The van der Waals surface area contributed by atoms with Crippen molar-refractivity contribution in [2.45, 2.75) is 18.7 Å². The third-order valence-corrected chi connectivity index (χ3v) is 4.73. The van der Waals surface area contributed by atoms with E-state index in [1.165, 1.54) is 7.11 Å². The molecule has 1 rings (SSSR count). The molecule has 0 aliphatic carbocycles. The lowest BCUT2D eigenvalue weighted by molar-refractivity contribution is 0.402. The highest BCUT2D eigenvalue weighted by Gasteiger charge is 2.19. The van der Waals surface area contributed by atoms with Crippen LogP contribution in [0.3, 0.4) is 0 Å². The van der Waals surface area contributed by atoms with Gasteiger partial charge in [-0.25, -0.2) is 8.42 Å². The number of hydrogen-bond donors (Lipinski definition) is 1. The van der Waals surface area contributed by atoms with Gasteiger partial charge in [-0.05, 0) is 37.1 Å². The van der Waals surface area contributed by atoms with Gasteiger partial charge in [-0.1, -0.05) is 0 Å². The predicted molar refractivity (Wildman–Crippen MR) is 68.4 cm³/mol. The van der Waals surface area contributed by atoms with Crippen LogP contribution in [0.4, 0.5) is 0 Å². The molecule has 0 radical (unpaired) electrons. The second kappa shape index (κ2) is 5.10. The molecule has 3 nitrogen and oxygen atoms in total. The Bertz CT molecular complexity index is 478. The van der Waals surface area contributed by atoms with Gasteiger partial charge in [0.2, 0.25) is 0 Å². The second-order valence-electron chi connectivity index (χ2n) is 3.63. The highest BCUT2D eigenvalue weighted by molar-refractivity contribution is 7.92. The number of thiol groups is 1. The maximum absolute atomic E-state index is 11.9. The molecule has 90 valence electrons. The minimum atomic E-state index is -3.29. The van der Waals surface area contributed by atoms with Crippen LogP contribution in [0.2, 0.25) is 0 Å². The van der Waals surface area contributed by atoms with Crippen LogP contribution >= 0.6 is 12.6 Å². The van der Waals surface area contributed by atoms with Crippen LogP contribution < -0.4 is 4.74 Å². The summed E-state index contributed by atoms with van der Waals surface area (Å²) in [7, 11) is -1.82.